The lowest BCUT2D eigenvalue weighted by atomic mass is 10.1. The summed E-state index contributed by atoms with van der Waals surface area (Å²) in [6, 6.07) is 8.76. The highest BCUT2D eigenvalue weighted by Crippen LogP contribution is 2.21. The maximum Gasteiger partial charge on any atom is 0.323 e. The Balaban J connectivity index is 1.76. The van der Waals surface area contributed by atoms with Crippen molar-refractivity contribution in [1.29, 1.82) is 0 Å². The van der Waals surface area contributed by atoms with E-state index in [9.17, 15) is 14.0 Å². The number of urea groups is 1. The number of benzene rings is 2. The molecule has 0 aliphatic heterocycles. The minimum absolute atomic E-state index is 0.315. The first-order valence-electron chi connectivity index (χ1n) is 7.18. The van der Waals surface area contributed by atoms with Crippen molar-refractivity contribution in [3.05, 3.63) is 64.8 Å². The summed E-state index contributed by atoms with van der Waals surface area (Å²) in [6.45, 7) is 5.39. The van der Waals surface area contributed by atoms with Crippen LogP contribution < -0.4 is 16.3 Å². The van der Waals surface area contributed by atoms with Crippen LogP contribution in [0.25, 0.3) is 16.6 Å². The summed E-state index contributed by atoms with van der Waals surface area (Å²) >= 11 is 0. The van der Waals surface area contributed by atoms with Gasteiger partial charge in [0.15, 0.2) is 0 Å². The number of allylic oxidation sites excluding steroid dienone is 1. The van der Waals surface area contributed by atoms with Crippen LogP contribution in [-0.2, 0) is 0 Å². The maximum absolute atomic E-state index is 13.6. The third-order valence-corrected chi connectivity index (χ3v) is 3.46. The number of H-pyrrole nitrogens is 2. The van der Waals surface area contributed by atoms with Crippen LogP contribution in [0.2, 0.25) is 0 Å². The second-order valence-corrected chi connectivity index (χ2v) is 5.39. The summed E-state index contributed by atoms with van der Waals surface area (Å²) < 4.78 is 13.6. The predicted octanol–water partition coefficient (Wildman–Crippen LogP) is 3.67. The highest BCUT2D eigenvalue weighted by Gasteiger charge is 2.08. The lowest BCUT2D eigenvalue weighted by Gasteiger charge is -2.10. The molecular formula is C17H15FN4O2. The number of halogens is 1. The number of carbonyl (C=O) groups is 1. The standard InChI is InChI=1S/C17H15FN4O2/c1-9(2)12-7-10(3-5-13(12)18)19-16(23)20-11-4-6-14-15(8-11)22-17(24)21-14/h3-8H,1H2,2H3,(H2,19,20,23)(H2,21,22,24). The molecule has 24 heavy (non-hydrogen) atoms. The SMILES string of the molecule is C=C(C)c1cc(NC(=O)Nc2ccc3[nH]c(=O)[nH]c3c2)ccc1F. The number of aromatic nitrogens is 2. The van der Waals surface area contributed by atoms with Gasteiger partial charge in [0, 0.05) is 16.9 Å². The smallest absolute Gasteiger partial charge is 0.308 e. The van der Waals surface area contributed by atoms with E-state index in [1.807, 2.05) is 0 Å². The number of hydrogen-bond donors (Lipinski definition) is 4. The van der Waals surface area contributed by atoms with Gasteiger partial charge < -0.3 is 20.6 Å². The van der Waals surface area contributed by atoms with Gasteiger partial charge in [-0.3, -0.25) is 0 Å². The molecule has 0 bridgehead atoms. The second-order valence-electron chi connectivity index (χ2n) is 5.39. The molecule has 122 valence electrons. The van der Waals surface area contributed by atoms with Crippen molar-refractivity contribution < 1.29 is 9.18 Å². The topological polar surface area (TPSA) is 89.8 Å². The van der Waals surface area contributed by atoms with Crippen LogP contribution >= 0.6 is 0 Å². The fraction of sp³-hybridized carbons (Fsp3) is 0.0588. The van der Waals surface area contributed by atoms with Gasteiger partial charge in [-0.15, -0.1) is 0 Å². The summed E-state index contributed by atoms with van der Waals surface area (Å²) in [5, 5.41) is 5.28. The molecule has 0 aliphatic rings. The molecule has 1 aromatic heterocycles. The molecule has 0 aliphatic carbocycles. The molecule has 0 saturated heterocycles. The average molecular weight is 326 g/mol. The zero-order valence-electron chi connectivity index (χ0n) is 12.9. The Morgan fingerprint density at radius 1 is 1.04 bits per heavy atom. The van der Waals surface area contributed by atoms with E-state index in [0.717, 1.165) is 0 Å². The van der Waals surface area contributed by atoms with Crippen LogP contribution in [0.4, 0.5) is 20.6 Å². The predicted molar refractivity (Wildman–Crippen MR) is 92.7 cm³/mol. The van der Waals surface area contributed by atoms with Crippen molar-refractivity contribution in [2.24, 2.45) is 0 Å². The number of aromatic amines is 2. The van der Waals surface area contributed by atoms with Gasteiger partial charge >= 0.3 is 11.7 Å². The second kappa shape index (κ2) is 6.04. The van der Waals surface area contributed by atoms with E-state index in [1.54, 1.807) is 25.1 Å². The third-order valence-electron chi connectivity index (χ3n) is 3.46. The summed E-state index contributed by atoms with van der Waals surface area (Å²) in [4.78, 5) is 28.5. The van der Waals surface area contributed by atoms with Crippen molar-refractivity contribution in [1.82, 2.24) is 9.97 Å². The van der Waals surface area contributed by atoms with Gasteiger partial charge in [-0.2, -0.15) is 0 Å². The van der Waals surface area contributed by atoms with Crippen molar-refractivity contribution in [2.75, 3.05) is 10.6 Å². The number of nitrogens with one attached hydrogen (secondary N) is 4. The minimum Gasteiger partial charge on any atom is -0.308 e. The Kier molecular flexibility index (Phi) is 3.91. The number of carbonyl (C=O) groups excluding carboxylic acids is 1. The fourth-order valence-electron chi connectivity index (χ4n) is 2.33. The summed E-state index contributed by atoms with van der Waals surface area (Å²) in [5.74, 6) is -0.393. The number of imidazole rings is 1. The summed E-state index contributed by atoms with van der Waals surface area (Å²) in [5.41, 5.74) is 2.79. The van der Waals surface area contributed by atoms with Gasteiger partial charge in [0.1, 0.15) is 5.82 Å². The number of rotatable bonds is 3. The van der Waals surface area contributed by atoms with Crippen LogP contribution in [0.5, 0.6) is 0 Å². The summed E-state index contributed by atoms with van der Waals surface area (Å²) in [7, 11) is 0. The monoisotopic (exact) mass is 326 g/mol. The molecule has 7 heteroatoms. The molecule has 1 heterocycles. The van der Waals surface area contributed by atoms with E-state index in [1.165, 1.54) is 18.2 Å². The molecule has 0 unspecified atom stereocenters. The molecule has 0 radical (unpaired) electrons. The molecule has 0 fully saturated rings. The van der Waals surface area contributed by atoms with Crippen LogP contribution in [0, 0.1) is 5.82 Å². The molecule has 3 aromatic rings. The van der Waals surface area contributed by atoms with E-state index in [0.29, 0.717) is 33.5 Å². The molecule has 4 N–H and O–H groups in total. The largest absolute Gasteiger partial charge is 0.323 e. The van der Waals surface area contributed by atoms with E-state index >= 15 is 0 Å². The van der Waals surface area contributed by atoms with Crippen LogP contribution in [0.15, 0.2) is 47.8 Å². The molecule has 2 aromatic carbocycles. The van der Waals surface area contributed by atoms with Gasteiger partial charge in [-0.1, -0.05) is 6.58 Å². The van der Waals surface area contributed by atoms with Crippen molar-refractivity contribution >= 4 is 34.0 Å². The van der Waals surface area contributed by atoms with Crippen LogP contribution in [0.3, 0.4) is 0 Å². The molecule has 3 rings (SSSR count). The maximum atomic E-state index is 13.6. The Hall–Kier alpha value is -3.35. The Morgan fingerprint density at radius 3 is 2.38 bits per heavy atom. The Labute approximate surface area is 136 Å². The molecular weight excluding hydrogens is 311 g/mol. The number of amides is 2. The third kappa shape index (κ3) is 3.19. The molecule has 0 spiro atoms. The Morgan fingerprint density at radius 2 is 1.67 bits per heavy atom. The zero-order chi connectivity index (χ0) is 17.3. The van der Waals surface area contributed by atoms with Crippen molar-refractivity contribution in [3.63, 3.8) is 0 Å². The van der Waals surface area contributed by atoms with Crippen LogP contribution in [-0.4, -0.2) is 16.0 Å². The van der Waals surface area contributed by atoms with Gasteiger partial charge in [-0.25, -0.2) is 14.0 Å². The molecule has 6 nitrogen and oxygen atoms in total. The van der Waals surface area contributed by atoms with Gasteiger partial charge in [0.25, 0.3) is 0 Å². The van der Waals surface area contributed by atoms with E-state index in [-0.39, 0.29) is 5.69 Å². The normalized spacial score (nSPS) is 10.6. The first-order chi connectivity index (χ1) is 11.4. The Bertz CT molecular complexity index is 1000. The fourth-order valence-corrected chi connectivity index (χ4v) is 2.33. The lowest BCUT2D eigenvalue weighted by Crippen LogP contribution is -2.19. The van der Waals surface area contributed by atoms with Crippen molar-refractivity contribution in [2.45, 2.75) is 6.92 Å². The highest BCUT2D eigenvalue weighted by atomic mass is 19.1. The molecule has 0 saturated carbocycles. The van der Waals surface area contributed by atoms with Crippen LogP contribution in [0.1, 0.15) is 12.5 Å². The zero-order valence-corrected chi connectivity index (χ0v) is 12.9. The van der Waals surface area contributed by atoms with Crippen molar-refractivity contribution in [3.8, 4) is 0 Å². The molecule has 0 atom stereocenters. The number of anilines is 2. The lowest BCUT2D eigenvalue weighted by molar-refractivity contribution is 0.262. The average Bonchev–Trinajstić information content (AvgIpc) is 2.88. The van der Waals surface area contributed by atoms with E-state index < -0.39 is 11.8 Å². The minimum atomic E-state index is -0.480. The first kappa shape index (κ1) is 15.5. The van der Waals surface area contributed by atoms with Gasteiger partial charge in [0.05, 0.1) is 11.0 Å². The summed E-state index contributed by atoms with van der Waals surface area (Å²) in [6.07, 6.45) is 0. The van der Waals surface area contributed by atoms with Gasteiger partial charge in [-0.05, 0) is 48.9 Å². The first-order valence-corrected chi connectivity index (χ1v) is 7.18. The van der Waals surface area contributed by atoms with E-state index in [2.05, 4.69) is 27.2 Å². The van der Waals surface area contributed by atoms with Gasteiger partial charge in [0.2, 0.25) is 0 Å². The number of fused-ring (bicyclic) bond motifs is 1. The number of hydrogen-bond acceptors (Lipinski definition) is 2. The van der Waals surface area contributed by atoms with E-state index in [4.69, 9.17) is 0 Å². The quantitative estimate of drug-likeness (QED) is 0.591. The highest BCUT2D eigenvalue weighted by molar-refractivity contribution is 6.00. The molecule has 2 amide bonds.